The summed E-state index contributed by atoms with van der Waals surface area (Å²) in [6.45, 7) is 0. The molecule has 0 radical (unpaired) electrons. The van der Waals surface area contributed by atoms with Crippen LogP contribution in [-0.4, -0.2) is 25.1 Å². The smallest absolute Gasteiger partial charge is 0.261 e. The highest BCUT2D eigenvalue weighted by Crippen LogP contribution is 2.31. The van der Waals surface area contributed by atoms with Crippen molar-refractivity contribution >= 4 is 22.4 Å². The van der Waals surface area contributed by atoms with E-state index < -0.39 is 0 Å². The van der Waals surface area contributed by atoms with Gasteiger partial charge in [0.2, 0.25) is 0 Å². The van der Waals surface area contributed by atoms with E-state index in [1.807, 2.05) is 6.07 Å². The molecule has 102 valence electrons. The molecule has 7 heteroatoms. The fourth-order valence-electron chi connectivity index (χ4n) is 1.61. The summed E-state index contributed by atoms with van der Waals surface area (Å²) >= 11 is 1.10. The fourth-order valence-corrected chi connectivity index (χ4v) is 2.22. The second kappa shape index (κ2) is 6.04. The Hall–Kier alpha value is -2.59. The Morgan fingerprint density at radius 3 is 2.80 bits per heavy atom. The number of thiazole rings is 1. The molecule has 1 N–H and O–H groups in total. The zero-order chi connectivity index (χ0) is 14.5. The topological polar surface area (TPSA) is 84.2 Å². The molecule has 6 nitrogen and oxygen atoms in total. The Morgan fingerprint density at radius 1 is 1.40 bits per heavy atom. The highest BCUT2D eigenvalue weighted by molar-refractivity contribution is 7.16. The molecule has 2 rings (SSSR count). The Morgan fingerprint density at radius 2 is 2.20 bits per heavy atom. The molecule has 0 bridgehead atoms. The number of aromatic nitrogens is 1. The number of nitrogens with one attached hydrogen (secondary N) is 1. The van der Waals surface area contributed by atoms with Crippen LogP contribution in [0, 0.1) is 11.3 Å². The first-order chi connectivity index (χ1) is 9.69. The molecule has 2 aromatic rings. The average Bonchev–Trinajstić information content (AvgIpc) is 2.93. The molecular formula is C13H11N3O3S. The number of carbonyl (C=O) groups is 1. The van der Waals surface area contributed by atoms with Gasteiger partial charge in [-0.15, -0.1) is 0 Å². The van der Waals surface area contributed by atoms with Gasteiger partial charge in [-0.1, -0.05) is 17.4 Å². The van der Waals surface area contributed by atoms with Crippen molar-refractivity contribution in [1.29, 1.82) is 5.26 Å². The lowest BCUT2D eigenvalue weighted by atomic mass is 10.1. The molecule has 1 aromatic heterocycles. The van der Waals surface area contributed by atoms with Crippen molar-refractivity contribution in [3.63, 3.8) is 0 Å². The van der Waals surface area contributed by atoms with E-state index in [0.717, 1.165) is 11.3 Å². The van der Waals surface area contributed by atoms with Gasteiger partial charge in [0.25, 0.3) is 5.91 Å². The molecule has 0 aliphatic rings. The van der Waals surface area contributed by atoms with Crippen molar-refractivity contribution in [3.8, 4) is 17.6 Å². The summed E-state index contributed by atoms with van der Waals surface area (Å²) in [7, 11) is 2.96. The van der Waals surface area contributed by atoms with Crippen molar-refractivity contribution in [1.82, 2.24) is 4.98 Å². The maximum absolute atomic E-state index is 12.2. The summed E-state index contributed by atoms with van der Waals surface area (Å²) in [6.07, 6.45) is 1.41. The molecule has 0 fully saturated rings. The van der Waals surface area contributed by atoms with E-state index in [1.165, 1.54) is 20.4 Å². The second-order valence-electron chi connectivity index (χ2n) is 3.64. The summed E-state index contributed by atoms with van der Waals surface area (Å²) in [6, 6.07) is 6.98. The van der Waals surface area contributed by atoms with Crippen LogP contribution in [0.25, 0.3) is 0 Å². The van der Waals surface area contributed by atoms with E-state index in [2.05, 4.69) is 10.3 Å². The number of nitriles is 1. The quantitative estimate of drug-likeness (QED) is 0.933. The molecule has 20 heavy (non-hydrogen) atoms. The Kier molecular flexibility index (Phi) is 4.17. The molecule has 0 spiro atoms. The van der Waals surface area contributed by atoms with E-state index >= 15 is 0 Å². The van der Waals surface area contributed by atoms with Crippen LogP contribution in [0.4, 0.5) is 5.13 Å². The molecule has 0 saturated heterocycles. The van der Waals surface area contributed by atoms with Gasteiger partial charge in [-0.05, 0) is 12.1 Å². The molecule has 0 aliphatic heterocycles. The van der Waals surface area contributed by atoms with Gasteiger partial charge >= 0.3 is 0 Å². The Labute approximate surface area is 119 Å². The molecule has 0 unspecified atom stereocenters. The van der Waals surface area contributed by atoms with Crippen LogP contribution >= 0.6 is 11.3 Å². The van der Waals surface area contributed by atoms with Crippen LogP contribution in [0.15, 0.2) is 24.4 Å². The highest BCUT2D eigenvalue weighted by atomic mass is 32.1. The normalized spacial score (nSPS) is 9.65. The SMILES string of the molecule is COc1cccc(C(=O)Nc2ncc(C#N)s2)c1OC. The minimum atomic E-state index is -0.375. The van der Waals surface area contributed by atoms with Crippen molar-refractivity contribution in [2.75, 3.05) is 19.5 Å². The molecule has 0 aliphatic carbocycles. The van der Waals surface area contributed by atoms with Crippen molar-refractivity contribution in [2.45, 2.75) is 0 Å². The largest absolute Gasteiger partial charge is 0.493 e. The molecule has 1 aromatic carbocycles. The van der Waals surface area contributed by atoms with Crippen LogP contribution in [0.5, 0.6) is 11.5 Å². The number of nitrogens with zero attached hydrogens (tertiary/aromatic N) is 2. The second-order valence-corrected chi connectivity index (χ2v) is 4.67. The summed E-state index contributed by atoms with van der Waals surface area (Å²) in [5.41, 5.74) is 0.334. The number of amides is 1. The lowest BCUT2D eigenvalue weighted by Gasteiger charge is -2.11. The summed E-state index contributed by atoms with van der Waals surface area (Å²) in [4.78, 5) is 16.6. The average molecular weight is 289 g/mol. The first-order valence-electron chi connectivity index (χ1n) is 5.58. The van der Waals surface area contributed by atoms with Crippen LogP contribution in [0.1, 0.15) is 15.2 Å². The Bertz CT molecular complexity index is 676. The number of benzene rings is 1. The summed E-state index contributed by atoms with van der Waals surface area (Å²) < 4.78 is 10.3. The molecule has 1 heterocycles. The monoisotopic (exact) mass is 289 g/mol. The third-order valence-electron chi connectivity index (χ3n) is 2.48. The van der Waals surface area contributed by atoms with E-state index in [4.69, 9.17) is 14.7 Å². The third kappa shape index (κ3) is 2.70. The minimum absolute atomic E-state index is 0.334. The molecular weight excluding hydrogens is 278 g/mol. The lowest BCUT2D eigenvalue weighted by molar-refractivity contribution is 0.102. The zero-order valence-electron chi connectivity index (χ0n) is 10.8. The van der Waals surface area contributed by atoms with Crippen molar-refractivity contribution in [3.05, 3.63) is 34.8 Å². The third-order valence-corrected chi connectivity index (χ3v) is 3.30. The number of ether oxygens (including phenoxy) is 2. The number of anilines is 1. The first kappa shape index (κ1) is 13.8. The van der Waals surface area contributed by atoms with Gasteiger partial charge < -0.3 is 9.47 Å². The predicted molar refractivity (Wildman–Crippen MR) is 74.3 cm³/mol. The van der Waals surface area contributed by atoms with E-state index in [1.54, 1.807) is 18.2 Å². The number of rotatable bonds is 4. The Balaban J connectivity index is 2.27. The molecule has 1 amide bonds. The molecule has 0 saturated carbocycles. The number of methoxy groups -OCH3 is 2. The number of carbonyl (C=O) groups excluding carboxylic acids is 1. The van der Waals surface area contributed by atoms with Gasteiger partial charge in [-0.2, -0.15) is 5.26 Å². The number of hydrogen-bond acceptors (Lipinski definition) is 6. The van der Waals surface area contributed by atoms with Gasteiger partial charge in [0.05, 0.1) is 26.0 Å². The number of hydrogen-bond donors (Lipinski definition) is 1. The summed E-state index contributed by atoms with van der Waals surface area (Å²) in [5, 5.41) is 11.7. The maximum atomic E-state index is 12.2. The van der Waals surface area contributed by atoms with Gasteiger partial charge in [-0.3, -0.25) is 10.1 Å². The van der Waals surface area contributed by atoms with E-state index in [-0.39, 0.29) is 5.91 Å². The molecule has 0 atom stereocenters. The highest BCUT2D eigenvalue weighted by Gasteiger charge is 2.17. The van der Waals surface area contributed by atoms with Gasteiger partial charge in [0.15, 0.2) is 16.6 Å². The van der Waals surface area contributed by atoms with Gasteiger partial charge in [-0.25, -0.2) is 4.98 Å². The van der Waals surface area contributed by atoms with Gasteiger partial charge in [0, 0.05) is 0 Å². The minimum Gasteiger partial charge on any atom is -0.493 e. The van der Waals surface area contributed by atoms with Crippen LogP contribution in [-0.2, 0) is 0 Å². The number of para-hydroxylation sites is 1. The standard InChI is InChI=1S/C13H11N3O3S/c1-18-10-5-3-4-9(11(10)19-2)12(17)16-13-15-7-8(6-14)20-13/h3-5,7H,1-2H3,(H,15,16,17). The maximum Gasteiger partial charge on any atom is 0.261 e. The van der Waals surface area contributed by atoms with Crippen molar-refractivity contribution < 1.29 is 14.3 Å². The predicted octanol–water partition coefficient (Wildman–Crippen LogP) is 2.28. The lowest BCUT2D eigenvalue weighted by Crippen LogP contribution is -2.13. The zero-order valence-corrected chi connectivity index (χ0v) is 11.7. The van der Waals surface area contributed by atoms with Crippen LogP contribution < -0.4 is 14.8 Å². The van der Waals surface area contributed by atoms with E-state index in [9.17, 15) is 4.79 Å². The van der Waals surface area contributed by atoms with E-state index in [0.29, 0.717) is 27.1 Å². The van der Waals surface area contributed by atoms with Crippen LogP contribution in [0.3, 0.4) is 0 Å². The van der Waals surface area contributed by atoms with Crippen molar-refractivity contribution in [2.24, 2.45) is 0 Å². The summed E-state index contributed by atoms with van der Waals surface area (Å²) in [5.74, 6) is 0.446. The first-order valence-corrected chi connectivity index (χ1v) is 6.39. The fraction of sp³-hybridized carbons (Fsp3) is 0.154. The van der Waals surface area contributed by atoms with Crippen LogP contribution in [0.2, 0.25) is 0 Å². The van der Waals surface area contributed by atoms with Gasteiger partial charge in [0.1, 0.15) is 10.9 Å².